The molecule has 110 valence electrons. The molecule has 0 aliphatic carbocycles. The SMILES string of the molecule is CC(C)OC(=O)OCNC(Cc1ccccc1)C(=O)O. The molecule has 0 saturated carbocycles. The van der Waals surface area contributed by atoms with Gasteiger partial charge < -0.3 is 14.6 Å². The Kier molecular flexibility index (Phi) is 6.52. The molecule has 1 aromatic rings. The number of nitrogens with one attached hydrogen (secondary N) is 1. The summed E-state index contributed by atoms with van der Waals surface area (Å²) >= 11 is 0. The second-order valence-corrected chi connectivity index (χ2v) is 4.49. The van der Waals surface area contributed by atoms with Crippen molar-refractivity contribution in [3.8, 4) is 0 Å². The summed E-state index contributed by atoms with van der Waals surface area (Å²) in [5.74, 6) is -1.00. The highest BCUT2D eigenvalue weighted by molar-refractivity contribution is 5.73. The van der Waals surface area contributed by atoms with Crippen LogP contribution < -0.4 is 5.32 Å². The van der Waals surface area contributed by atoms with Gasteiger partial charge in [0.15, 0.2) is 0 Å². The van der Waals surface area contributed by atoms with Crippen molar-refractivity contribution in [3.05, 3.63) is 35.9 Å². The Balaban J connectivity index is 2.40. The molecule has 0 bridgehead atoms. The van der Waals surface area contributed by atoms with Gasteiger partial charge in [-0.1, -0.05) is 30.3 Å². The lowest BCUT2D eigenvalue weighted by Crippen LogP contribution is -2.40. The van der Waals surface area contributed by atoms with E-state index in [4.69, 9.17) is 14.6 Å². The molecule has 0 saturated heterocycles. The van der Waals surface area contributed by atoms with Crippen LogP contribution in [-0.2, 0) is 20.7 Å². The number of hydrogen-bond acceptors (Lipinski definition) is 5. The normalized spacial score (nSPS) is 11.9. The highest BCUT2D eigenvalue weighted by Gasteiger charge is 2.18. The second-order valence-electron chi connectivity index (χ2n) is 4.49. The third kappa shape index (κ3) is 6.19. The molecule has 0 aromatic heterocycles. The minimum Gasteiger partial charge on any atom is -0.480 e. The Morgan fingerprint density at radius 3 is 2.45 bits per heavy atom. The van der Waals surface area contributed by atoms with Crippen molar-refractivity contribution < 1.29 is 24.2 Å². The van der Waals surface area contributed by atoms with Crippen LogP contribution in [-0.4, -0.2) is 36.1 Å². The maximum Gasteiger partial charge on any atom is 0.509 e. The van der Waals surface area contributed by atoms with Crippen molar-refractivity contribution in [2.75, 3.05) is 6.73 Å². The maximum atomic E-state index is 11.1. The smallest absolute Gasteiger partial charge is 0.480 e. The van der Waals surface area contributed by atoms with Crippen LogP contribution >= 0.6 is 0 Å². The highest BCUT2D eigenvalue weighted by Crippen LogP contribution is 2.03. The summed E-state index contributed by atoms with van der Waals surface area (Å²) in [7, 11) is 0. The van der Waals surface area contributed by atoms with Gasteiger partial charge in [-0.15, -0.1) is 0 Å². The Labute approximate surface area is 117 Å². The van der Waals surface area contributed by atoms with Gasteiger partial charge in [0, 0.05) is 0 Å². The van der Waals surface area contributed by atoms with Gasteiger partial charge >= 0.3 is 12.1 Å². The lowest BCUT2D eigenvalue weighted by molar-refractivity contribution is -0.140. The lowest BCUT2D eigenvalue weighted by Gasteiger charge is -2.15. The number of benzene rings is 1. The number of carboxylic acid groups (broad SMARTS) is 1. The van der Waals surface area contributed by atoms with E-state index in [9.17, 15) is 9.59 Å². The fourth-order valence-electron chi connectivity index (χ4n) is 1.52. The number of carbonyl (C=O) groups is 2. The summed E-state index contributed by atoms with van der Waals surface area (Å²) < 4.78 is 9.50. The van der Waals surface area contributed by atoms with Crippen molar-refractivity contribution >= 4 is 12.1 Å². The summed E-state index contributed by atoms with van der Waals surface area (Å²) in [6.07, 6.45) is -0.794. The number of rotatable bonds is 7. The first-order valence-electron chi connectivity index (χ1n) is 6.32. The molecule has 0 heterocycles. The van der Waals surface area contributed by atoms with Gasteiger partial charge in [0.25, 0.3) is 0 Å². The van der Waals surface area contributed by atoms with Crippen LogP contribution in [0, 0.1) is 0 Å². The zero-order valence-corrected chi connectivity index (χ0v) is 11.5. The fourth-order valence-corrected chi connectivity index (χ4v) is 1.52. The number of ether oxygens (including phenoxy) is 2. The van der Waals surface area contributed by atoms with Crippen LogP contribution in [0.3, 0.4) is 0 Å². The number of carbonyl (C=O) groups excluding carboxylic acids is 1. The number of carboxylic acids is 1. The van der Waals surface area contributed by atoms with Gasteiger partial charge in [-0.05, 0) is 25.8 Å². The van der Waals surface area contributed by atoms with E-state index in [0.717, 1.165) is 5.56 Å². The molecule has 6 heteroatoms. The zero-order valence-electron chi connectivity index (χ0n) is 11.5. The van der Waals surface area contributed by atoms with Crippen LogP contribution in [0.15, 0.2) is 30.3 Å². The van der Waals surface area contributed by atoms with Crippen molar-refractivity contribution in [3.63, 3.8) is 0 Å². The highest BCUT2D eigenvalue weighted by atomic mass is 16.7. The van der Waals surface area contributed by atoms with Crippen LogP contribution in [0.4, 0.5) is 4.79 Å². The van der Waals surface area contributed by atoms with Crippen molar-refractivity contribution in [2.45, 2.75) is 32.4 Å². The van der Waals surface area contributed by atoms with E-state index in [1.165, 1.54) is 0 Å². The molecule has 2 N–H and O–H groups in total. The molecule has 0 radical (unpaired) electrons. The minimum absolute atomic E-state index is 0.213. The second kappa shape index (κ2) is 8.16. The Morgan fingerprint density at radius 1 is 1.25 bits per heavy atom. The summed E-state index contributed by atoms with van der Waals surface area (Å²) in [6.45, 7) is 3.18. The summed E-state index contributed by atoms with van der Waals surface area (Å²) in [5, 5.41) is 11.8. The molecule has 1 aromatic carbocycles. The lowest BCUT2D eigenvalue weighted by atomic mass is 10.1. The van der Waals surface area contributed by atoms with Crippen LogP contribution in [0.25, 0.3) is 0 Å². The predicted molar refractivity (Wildman–Crippen MR) is 72.3 cm³/mol. The minimum atomic E-state index is -1.00. The molecule has 1 rings (SSSR count). The molecule has 1 unspecified atom stereocenters. The Morgan fingerprint density at radius 2 is 1.90 bits per heavy atom. The van der Waals surface area contributed by atoms with Crippen LogP contribution in [0.2, 0.25) is 0 Å². The molecule has 6 nitrogen and oxygen atoms in total. The van der Waals surface area contributed by atoms with E-state index in [0.29, 0.717) is 6.42 Å². The number of aliphatic carboxylic acids is 1. The van der Waals surface area contributed by atoms with Gasteiger partial charge in [-0.3, -0.25) is 10.1 Å². The van der Waals surface area contributed by atoms with E-state index < -0.39 is 18.2 Å². The first-order valence-corrected chi connectivity index (χ1v) is 6.32. The molecule has 1 atom stereocenters. The molecule has 0 fully saturated rings. The van der Waals surface area contributed by atoms with Gasteiger partial charge in [0.1, 0.15) is 12.8 Å². The summed E-state index contributed by atoms with van der Waals surface area (Å²) in [5.41, 5.74) is 0.886. The van der Waals surface area contributed by atoms with E-state index in [1.807, 2.05) is 30.3 Å². The average molecular weight is 281 g/mol. The quantitative estimate of drug-likeness (QED) is 0.585. The molecule has 0 spiro atoms. The van der Waals surface area contributed by atoms with Crippen molar-refractivity contribution in [1.29, 1.82) is 0 Å². The van der Waals surface area contributed by atoms with E-state index in [1.54, 1.807) is 13.8 Å². The molecule has 0 amide bonds. The van der Waals surface area contributed by atoms with Gasteiger partial charge in [0.2, 0.25) is 0 Å². The Hall–Kier alpha value is -2.08. The predicted octanol–water partition coefficient (Wildman–Crippen LogP) is 1.79. The Bertz CT molecular complexity index is 432. The summed E-state index contributed by atoms with van der Waals surface area (Å²) in [4.78, 5) is 22.3. The first kappa shape index (κ1) is 16.0. The van der Waals surface area contributed by atoms with E-state index in [-0.39, 0.29) is 12.8 Å². The number of hydrogen-bond donors (Lipinski definition) is 2. The van der Waals surface area contributed by atoms with Gasteiger partial charge in [-0.25, -0.2) is 4.79 Å². The van der Waals surface area contributed by atoms with E-state index in [2.05, 4.69) is 5.32 Å². The maximum absolute atomic E-state index is 11.1. The third-order valence-electron chi connectivity index (χ3n) is 2.43. The topological polar surface area (TPSA) is 84.9 Å². The monoisotopic (exact) mass is 281 g/mol. The molecular weight excluding hydrogens is 262 g/mol. The molecule has 20 heavy (non-hydrogen) atoms. The largest absolute Gasteiger partial charge is 0.509 e. The van der Waals surface area contributed by atoms with Crippen LogP contribution in [0.1, 0.15) is 19.4 Å². The standard InChI is InChI=1S/C14H19NO5/c1-10(2)20-14(18)19-9-15-12(13(16)17)8-11-6-4-3-5-7-11/h3-7,10,12,15H,8-9H2,1-2H3,(H,16,17). The third-order valence-corrected chi connectivity index (χ3v) is 2.43. The molecular formula is C14H19NO5. The molecule has 0 aliphatic rings. The summed E-state index contributed by atoms with van der Waals surface area (Å²) in [6, 6.07) is 8.38. The van der Waals surface area contributed by atoms with Gasteiger partial charge in [-0.2, -0.15) is 0 Å². The fraction of sp³-hybridized carbons (Fsp3) is 0.429. The van der Waals surface area contributed by atoms with Crippen molar-refractivity contribution in [1.82, 2.24) is 5.32 Å². The van der Waals surface area contributed by atoms with Gasteiger partial charge in [0.05, 0.1) is 6.10 Å². The zero-order chi connectivity index (χ0) is 15.0. The molecule has 0 aliphatic heterocycles. The van der Waals surface area contributed by atoms with E-state index >= 15 is 0 Å². The average Bonchev–Trinajstić information content (AvgIpc) is 2.37. The van der Waals surface area contributed by atoms with Crippen LogP contribution in [0.5, 0.6) is 0 Å². The first-order chi connectivity index (χ1) is 9.49. The van der Waals surface area contributed by atoms with Crippen molar-refractivity contribution in [2.24, 2.45) is 0 Å².